The molecule has 0 atom stereocenters. The summed E-state index contributed by atoms with van der Waals surface area (Å²) in [5, 5.41) is 0. The van der Waals surface area contributed by atoms with Crippen molar-refractivity contribution in [1.29, 1.82) is 0 Å². The third-order valence-corrected chi connectivity index (χ3v) is 6.73. The number of rotatable bonds is 9. The molecule has 1 saturated heterocycles. The van der Waals surface area contributed by atoms with E-state index in [9.17, 15) is 19.1 Å². The zero-order valence-electron chi connectivity index (χ0n) is 21.4. The third-order valence-electron chi connectivity index (χ3n) is 5.71. The Morgan fingerprint density at radius 2 is 1.00 bits per heavy atom. The second kappa shape index (κ2) is 11.7. The van der Waals surface area contributed by atoms with Crippen molar-refractivity contribution >= 4 is 25.7 Å². The molecule has 1 heterocycles. The van der Waals surface area contributed by atoms with Gasteiger partial charge in [0, 0.05) is 24.2 Å². The van der Waals surface area contributed by atoms with Crippen molar-refractivity contribution in [1.82, 2.24) is 4.67 Å². The van der Waals surface area contributed by atoms with Crippen LogP contribution in [0.3, 0.4) is 0 Å². The first-order valence-corrected chi connectivity index (χ1v) is 12.5. The topological polar surface area (TPSA) is 133 Å². The number of nitrogens with zero attached hydrogens (tertiary/aromatic N) is 1. The summed E-state index contributed by atoms with van der Waals surface area (Å²) in [6.45, 7) is -0.515. The maximum atomic E-state index is 13.5. The predicted octanol–water partition coefficient (Wildman–Crippen LogP) is 3.18. The summed E-state index contributed by atoms with van der Waals surface area (Å²) in [6.07, 6.45) is 3.08. The fourth-order valence-electron chi connectivity index (χ4n) is 3.98. The minimum Gasteiger partial charge on any atom is -0.493 e. The fourth-order valence-corrected chi connectivity index (χ4v) is 4.65. The number of methoxy groups -OCH3 is 6. The molecule has 0 radical (unpaired) electrons. The molecule has 0 amide bonds. The van der Waals surface area contributed by atoms with Crippen molar-refractivity contribution in [2.24, 2.45) is 0 Å². The molecule has 0 aliphatic carbocycles. The maximum Gasteiger partial charge on any atom is 0.403 e. The largest absolute Gasteiger partial charge is 0.493 e. The normalized spacial score (nSPS) is 16.6. The lowest BCUT2D eigenvalue weighted by molar-refractivity contribution is -0.113. The highest BCUT2D eigenvalue weighted by Crippen LogP contribution is 2.45. The van der Waals surface area contributed by atoms with Crippen molar-refractivity contribution in [2.75, 3.05) is 55.7 Å². The summed E-state index contributed by atoms with van der Waals surface area (Å²) in [4.78, 5) is 33.3. The molecule has 1 aliphatic rings. The van der Waals surface area contributed by atoms with E-state index in [1.807, 2.05) is 0 Å². The van der Waals surface area contributed by atoms with Gasteiger partial charge >= 0.3 is 7.75 Å². The van der Waals surface area contributed by atoms with E-state index in [2.05, 4.69) is 0 Å². The molecule has 2 aromatic rings. The van der Waals surface area contributed by atoms with E-state index in [0.29, 0.717) is 45.6 Å². The van der Waals surface area contributed by atoms with Crippen LogP contribution in [0.5, 0.6) is 34.5 Å². The number of carbonyl (C=O) groups is 1. The predicted molar refractivity (Wildman–Crippen MR) is 137 cm³/mol. The molecule has 11 nitrogen and oxygen atoms in total. The number of Topliss-reactive ketones (excluding diaryl/α,β-unsaturated/α-hetero) is 1. The van der Waals surface area contributed by atoms with Gasteiger partial charge in [-0.1, -0.05) is 0 Å². The Balaban J connectivity index is 2.13. The minimum absolute atomic E-state index is 0.169. The Hall–Kier alpha value is -3.50. The Labute approximate surface area is 215 Å². The van der Waals surface area contributed by atoms with Crippen LogP contribution in [0.15, 0.2) is 35.4 Å². The third kappa shape index (κ3) is 6.08. The van der Waals surface area contributed by atoms with E-state index in [1.165, 1.54) is 54.8 Å². The zero-order chi connectivity index (χ0) is 27.3. The highest BCUT2D eigenvalue weighted by Gasteiger charge is 2.35. The van der Waals surface area contributed by atoms with E-state index in [4.69, 9.17) is 28.4 Å². The fraction of sp³-hybridized carbons (Fsp3) is 0.320. The average Bonchev–Trinajstić information content (AvgIpc) is 2.88. The lowest BCUT2D eigenvalue weighted by Gasteiger charge is -2.29. The van der Waals surface area contributed by atoms with Gasteiger partial charge < -0.3 is 38.2 Å². The molecule has 2 N–H and O–H groups in total. The lowest BCUT2D eigenvalue weighted by atomic mass is 9.95. The lowest BCUT2D eigenvalue weighted by Crippen LogP contribution is -2.35. The monoisotopic (exact) mass is 535 g/mol. The summed E-state index contributed by atoms with van der Waals surface area (Å²) < 4.78 is 45.3. The number of piperidine rings is 1. The van der Waals surface area contributed by atoms with Crippen LogP contribution in [0.25, 0.3) is 12.2 Å². The maximum absolute atomic E-state index is 13.5. The van der Waals surface area contributed by atoms with E-state index in [-0.39, 0.29) is 30.0 Å². The van der Waals surface area contributed by atoms with E-state index >= 15 is 0 Å². The van der Waals surface area contributed by atoms with Gasteiger partial charge in [0.05, 0.1) is 42.7 Å². The van der Waals surface area contributed by atoms with Crippen LogP contribution >= 0.6 is 7.75 Å². The molecule has 3 rings (SSSR count). The summed E-state index contributed by atoms with van der Waals surface area (Å²) in [7, 11) is 4.13. The highest BCUT2D eigenvalue weighted by molar-refractivity contribution is 7.49. The molecule has 0 saturated carbocycles. The van der Waals surface area contributed by atoms with E-state index in [1.54, 1.807) is 24.3 Å². The van der Waals surface area contributed by atoms with Crippen molar-refractivity contribution in [3.63, 3.8) is 0 Å². The molecule has 0 aromatic heterocycles. The summed E-state index contributed by atoms with van der Waals surface area (Å²) >= 11 is 0. The molecule has 1 fully saturated rings. The van der Waals surface area contributed by atoms with Crippen molar-refractivity contribution in [2.45, 2.75) is 0 Å². The van der Waals surface area contributed by atoms with E-state index in [0.717, 1.165) is 4.67 Å². The van der Waals surface area contributed by atoms with Crippen LogP contribution in [0.4, 0.5) is 0 Å². The summed E-state index contributed by atoms with van der Waals surface area (Å²) in [6, 6.07) is 6.56. The van der Waals surface area contributed by atoms with Crippen molar-refractivity contribution in [3.05, 3.63) is 46.5 Å². The number of hydrogen-bond acceptors (Lipinski definition) is 8. The molecule has 0 spiro atoms. The Kier molecular flexibility index (Phi) is 8.88. The number of hydrogen-bond donors (Lipinski definition) is 2. The number of carbonyl (C=O) groups excluding carboxylic acids is 1. The zero-order valence-corrected chi connectivity index (χ0v) is 22.3. The Bertz CT molecular complexity index is 1140. The highest BCUT2D eigenvalue weighted by atomic mass is 31.2. The van der Waals surface area contributed by atoms with Gasteiger partial charge in [0.2, 0.25) is 11.5 Å². The first-order chi connectivity index (χ1) is 17.6. The molecule has 0 unspecified atom stereocenters. The molecule has 1 aliphatic heterocycles. The van der Waals surface area contributed by atoms with E-state index < -0.39 is 7.75 Å². The van der Waals surface area contributed by atoms with Crippen LogP contribution in [0.1, 0.15) is 11.1 Å². The summed E-state index contributed by atoms with van der Waals surface area (Å²) in [5.74, 6) is 1.87. The standard InChI is InChI=1S/C25H30NO10P/c1-31-19-9-15(10-20(32-2)24(19)35-5)7-17-13-26(37(28,29)30)14-18(23(17)27)8-16-11-21(33-3)25(36-6)22(12-16)34-4/h7-12H,13-14H2,1-6H3,(H2,28,29,30)/b17-7+,18-8+. The van der Waals surface area contributed by atoms with Crippen LogP contribution < -0.4 is 28.4 Å². The smallest absolute Gasteiger partial charge is 0.403 e. The Morgan fingerprint density at radius 3 is 1.24 bits per heavy atom. The number of ketones is 1. The van der Waals surface area contributed by atoms with Crippen molar-refractivity contribution in [3.8, 4) is 34.5 Å². The summed E-state index contributed by atoms with van der Waals surface area (Å²) in [5.41, 5.74) is 1.39. The second-order valence-corrected chi connectivity index (χ2v) is 9.51. The van der Waals surface area contributed by atoms with Crippen LogP contribution in [0, 0.1) is 0 Å². The van der Waals surface area contributed by atoms with Crippen LogP contribution in [0.2, 0.25) is 0 Å². The SMILES string of the molecule is COc1cc(/C=C2\CN(P(=O)(O)O)C/C(=C\c3cc(OC)c(OC)c(OC)c3)C2=O)cc(OC)c1OC. The first kappa shape index (κ1) is 28.1. The quantitative estimate of drug-likeness (QED) is 0.362. The van der Waals surface area contributed by atoms with Gasteiger partial charge in [-0.3, -0.25) is 4.79 Å². The van der Waals surface area contributed by atoms with Crippen molar-refractivity contribution < 1.29 is 47.6 Å². The second-order valence-electron chi connectivity index (χ2n) is 7.92. The van der Waals surface area contributed by atoms with Gasteiger partial charge in [0.25, 0.3) is 0 Å². The molecule has 200 valence electrons. The number of ether oxygens (including phenoxy) is 6. The molecular formula is C25H30NO10P. The van der Waals surface area contributed by atoms with Crippen LogP contribution in [-0.4, -0.2) is 76.0 Å². The molecule has 2 aromatic carbocycles. The Morgan fingerprint density at radius 1 is 0.676 bits per heavy atom. The number of benzene rings is 2. The minimum atomic E-state index is -4.68. The van der Waals surface area contributed by atoms with Gasteiger partial charge in [0.1, 0.15) is 0 Å². The molecular weight excluding hydrogens is 505 g/mol. The molecule has 0 bridgehead atoms. The van der Waals surface area contributed by atoms with Gasteiger partial charge in [-0.25, -0.2) is 4.57 Å². The van der Waals surface area contributed by atoms with Crippen LogP contribution in [-0.2, 0) is 9.36 Å². The van der Waals surface area contributed by atoms with Gasteiger partial charge in [0.15, 0.2) is 28.8 Å². The molecule has 37 heavy (non-hydrogen) atoms. The first-order valence-electron chi connectivity index (χ1n) is 11.0. The molecule has 12 heteroatoms. The van der Waals surface area contributed by atoms with Gasteiger partial charge in [-0.05, 0) is 47.5 Å². The van der Waals surface area contributed by atoms with Gasteiger partial charge in [-0.2, -0.15) is 4.67 Å². The van der Waals surface area contributed by atoms with Gasteiger partial charge in [-0.15, -0.1) is 0 Å². The average molecular weight is 535 g/mol.